The third-order valence-corrected chi connectivity index (χ3v) is 0.944. The molecule has 7 nitrogen and oxygen atoms in total. The molecule has 0 fully saturated rings. The lowest BCUT2D eigenvalue weighted by Crippen LogP contribution is -2.45. The van der Waals surface area contributed by atoms with Gasteiger partial charge >= 0.3 is 5.92 Å². The first-order valence-corrected chi connectivity index (χ1v) is 2.65. The number of halogens is 1. The summed E-state index contributed by atoms with van der Waals surface area (Å²) in [5, 5.41) is 19.7. The van der Waals surface area contributed by atoms with Gasteiger partial charge in [-0.2, -0.15) is 0 Å². The molecular weight excluding hydrogens is 175 g/mol. The molecular formula is C4H5FN2O5. The molecule has 0 unspecified atom stereocenters. The highest BCUT2D eigenvalue weighted by Gasteiger charge is 2.59. The van der Waals surface area contributed by atoms with E-state index in [2.05, 4.69) is 11.3 Å². The van der Waals surface area contributed by atoms with Crippen LogP contribution < -0.4 is 0 Å². The Hall–Kier alpha value is -1.73. The zero-order valence-electron chi connectivity index (χ0n) is 5.81. The van der Waals surface area contributed by atoms with E-state index in [1.54, 1.807) is 0 Å². The van der Waals surface area contributed by atoms with Gasteiger partial charge in [0.1, 0.15) is 9.85 Å². The van der Waals surface area contributed by atoms with Crippen molar-refractivity contribution in [3.63, 3.8) is 0 Å². The van der Waals surface area contributed by atoms with Gasteiger partial charge in [0, 0.05) is 0 Å². The monoisotopic (exact) mass is 180 g/mol. The van der Waals surface area contributed by atoms with E-state index in [0.29, 0.717) is 6.26 Å². The molecule has 0 N–H and O–H groups in total. The first-order valence-electron chi connectivity index (χ1n) is 2.65. The highest BCUT2D eigenvalue weighted by atomic mass is 19.2. The minimum atomic E-state index is -3.80. The third-order valence-electron chi connectivity index (χ3n) is 0.944. The van der Waals surface area contributed by atoms with Crippen molar-refractivity contribution in [2.45, 2.75) is 5.92 Å². The summed E-state index contributed by atoms with van der Waals surface area (Å²) in [5.41, 5.74) is 0. The highest BCUT2D eigenvalue weighted by Crippen LogP contribution is 2.13. The van der Waals surface area contributed by atoms with Crippen LogP contribution in [0.3, 0.4) is 0 Å². The maximum absolute atomic E-state index is 12.7. The molecule has 12 heavy (non-hydrogen) atoms. The second-order valence-corrected chi connectivity index (χ2v) is 1.71. The smallest absolute Gasteiger partial charge is 0.482 e. The maximum Gasteiger partial charge on any atom is 0.648 e. The molecule has 0 aromatic heterocycles. The lowest BCUT2D eigenvalue weighted by Gasteiger charge is -2.06. The molecule has 0 aromatic rings. The van der Waals surface area contributed by atoms with Gasteiger partial charge < -0.3 is 4.74 Å². The molecule has 0 saturated carbocycles. The third kappa shape index (κ3) is 1.87. The summed E-state index contributed by atoms with van der Waals surface area (Å²) in [5.74, 6) is -3.80. The minimum Gasteiger partial charge on any atom is -0.482 e. The van der Waals surface area contributed by atoms with Crippen LogP contribution in [0.15, 0.2) is 12.8 Å². The van der Waals surface area contributed by atoms with Crippen molar-refractivity contribution in [1.82, 2.24) is 0 Å². The van der Waals surface area contributed by atoms with Gasteiger partial charge in [-0.1, -0.05) is 11.0 Å². The molecule has 0 aliphatic carbocycles. The number of hydrogen-bond donors (Lipinski definition) is 0. The number of hydrogen-bond acceptors (Lipinski definition) is 5. The Morgan fingerprint density at radius 3 is 2.17 bits per heavy atom. The van der Waals surface area contributed by atoms with Crippen molar-refractivity contribution in [3.05, 3.63) is 33.1 Å². The fraction of sp³-hybridized carbons (Fsp3) is 0.500. The van der Waals surface area contributed by atoms with E-state index in [1.165, 1.54) is 0 Å². The van der Waals surface area contributed by atoms with Crippen molar-refractivity contribution >= 4 is 0 Å². The summed E-state index contributed by atoms with van der Waals surface area (Å²) in [6.07, 6.45) is 0.682. The van der Waals surface area contributed by atoms with Crippen LogP contribution in [0.25, 0.3) is 0 Å². The average Bonchev–Trinajstić information content (AvgIpc) is 1.99. The van der Waals surface area contributed by atoms with Gasteiger partial charge in [-0.25, -0.2) is 0 Å². The van der Waals surface area contributed by atoms with Crippen LogP contribution in [-0.4, -0.2) is 22.4 Å². The first kappa shape index (κ1) is 10.3. The molecule has 68 valence electrons. The van der Waals surface area contributed by atoms with Crippen molar-refractivity contribution in [2.75, 3.05) is 6.61 Å². The number of ether oxygens (including phenoxy) is 1. The summed E-state index contributed by atoms with van der Waals surface area (Å²) < 4.78 is 16.7. The second-order valence-electron chi connectivity index (χ2n) is 1.71. The van der Waals surface area contributed by atoms with Crippen molar-refractivity contribution < 1.29 is 19.0 Å². The van der Waals surface area contributed by atoms with Gasteiger partial charge in [-0.15, -0.1) is 0 Å². The topological polar surface area (TPSA) is 95.5 Å². The normalized spacial score (nSPS) is 10.4. The first-order chi connectivity index (χ1) is 5.45. The zero-order chi connectivity index (χ0) is 9.78. The van der Waals surface area contributed by atoms with Crippen molar-refractivity contribution in [2.24, 2.45) is 0 Å². The summed E-state index contributed by atoms with van der Waals surface area (Å²) in [7, 11) is 0. The molecule has 0 aliphatic heterocycles. The number of rotatable bonds is 5. The zero-order valence-corrected chi connectivity index (χ0v) is 5.81. The van der Waals surface area contributed by atoms with E-state index >= 15 is 0 Å². The van der Waals surface area contributed by atoms with Crippen molar-refractivity contribution in [3.8, 4) is 0 Å². The second kappa shape index (κ2) is 3.60. The van der Waals surface area contributed by atoms with Crippen LogP contribution in [0.2, 0.25) is 0 Å². The van der Waals surface area contributed by atoms with E-state index in [4.69, 9.17) is 0 Å². The molecule has 0 spiro atoms. The van der Waals surface area contributed by atoms with Crippen LogP contribution >= 0.6 is 0 Å². The van der Waals surface area contributed by atoms with Gasteiger partial charge in [0.25, 0.3) is 6.61 Å². The largest absolute Gasteiger partial charge is 0.648 e. The van der Waals surface area contributed by atoms with Gasteiger partial charge in [-0.3, -0.25) is 20.2 Å². The number of nitro groups is 2. The number of alkyl halides is 1. The van der Waals surface area contributed by atoms with E-state index < -0.39 is 22.4 Å². The van der Waals surface area contributed by atoms with Crippen LogP contribution in [0.1, 0.15) is 0 Å². The fourth-order valence-corrected chi connectivity index (χ4v) is 0.337. The molecule has 0 aliphatic rings. The molecule has 0 heterocycles. The summed E-state index contributed by atoms with van der Waals surface area (Å²) in [6, 6.07) is 0. The lowest BCUT2D eigenvalue weighted by molar-refractivity contribution is -0.832. The van der Waals surface area contributed by atoms with Crippen LogP contribution in [-0.2, 0) is 4.74 Å². The molecule has 0 atom stereocenters. The SMILES string of the molecule is C=COCC(F)([N+](=O)[O-])[N+](=O)[O-]. The van der Waals surface area contributed by atoms with Crippen molar-refractivity contribution in [1.29, 1.82) is 0 Å². The average molecular weight is 180 g/mol. The van der Waals surface area contributed by atoms with Gasteiger partial charge in [0.05, 0.1) is 6.26 Å². The Balaban J connectivity index is 4.50. The lowest BCUT2D eigenvalue weighted by atomic mass is 10.5. The van der Waals surface area contributed by atoms with Crippen LogP contribution in [0, 0.1) is 20.2 Å². The van der Waals surface area contributed by atoms with Crippen LogP contribution in [0.5, 0.6) is 0 Å². The van der Waals surface area contributed by atoms with Crippen LogP contribution in [0.4, 0.5) is 4.39 Å². The Kier molecular flexibility index (Phi) is 3.08. The quantitative estimate of drug-likeness (QED) is 0.199. The number of nitrogens with zero attached hydrogens (tertiary/aromatic N) is 2. The van der Waals surface area contributed by atoms with E-state index in [9.17, 15) is 24.6 Å². The molecule has 0 bridgehead atoms. The Morgan fingerprint density at radius 1 is 1.50 bits per heavy atom. The Morgan fingerprint density at radius 2 is 1.92 bits per heavy atom. The van der Waals surface area contributed by atoms with Gasteiger partial charge in [0.2, 0.25) is 0 Å². The Bertz CT molecular complexity index is 203. The molecule has 0 aromatic carbocycles. The van der Waals surface area contributed by atoms with Gasteiger partial charge in [-0.05, 0) is 0 Å². The minimum absolute atomic E-state index is 0.682. The van der Waals surface area contributed by atoms with Gasteiger partial charge in [0.15, 0.2) is 0 Å². The molecule has 0 saturated heterocycles. The molecule has 0 radical (unpaired) electrons. The standard InChI is InChI=1S/C4H5FN2O5/c1-2-12-3-4(5,6(8)9)7(10)11/h2H,1,3H2. The highest BCUT2D eigenvalue weighted by molar-refractivity contribution is 4.55. The van der Waals surface area contributed by atoms with E-state index in [1.807, 2.05) is 0 Å². The molecule has 0 rings (SSSR count). The maximum atomic E-state index is 12.7. The summed E-state index contributed by atoms with van der Waals surface area (Å²) in [4.78, 5) is 16.3. The predicted octanol–water partition coefficient (Wildman–Crippen LogP) is 0.323. The fourth-order valence-electron chi connectivity index (χ4n) is 0.337. The Labute approximate surface area is 65.7 Å². The molecule has 8 heteroatoms. The predicted molar refractivity (Wildman–Crippen MR) is 34.0 cm³/mol. The van der Waals surface area contributed by atoms with E-state index in [0.717, 1.165) is 0 Å². The summed E-state index contributed by atoms with van der Waals surface area (Å²) in [6.45, 7) is 1.65. The molecule has 0 amide bonds. The summed E-state index contributed by atoms with van der Waals surface area (Å²) >= 11 is 0. The van der Waals surface area contributed by atoms with E-state index in [-0.39, 0.29) is 0 Å².